The SMILES string of the molecule is NC(=O)c1cccnc1-c1cccc2cnccc12. The van der Waals surface area contributed by atoms with E-state index in [9.17, 15) is 4.79 Å². The third kappa shape index (κ3) is 1.93. The molecule has 0 bridgehead atoms. The largest absolute Gasteiger partial charge is 0.366 e. The number of nitrogens with zero attached hydrogens (tertiary/aromatic N) is 2. The van der Waals surface area contributed by atoms with Crippen molar-refractivity contribution in [3.05, 3.63) is 60.6 Å². The van der Waals surface area contributed by atoms with Gasteiger partial charge in [-0.1, -0.05) is 18.2 Å². The van der Waals surface area contributed by atoms with Gasteiger partial charge in [0.1, 0.15) is 0 Å². The minimum atomic E-state index is -0.478. The fraction of sp³-hybridized carbons (Fsp3) is 0. The van der Waals surface area contributed by atoms with E-state index in [-0.39, 0.29) is 0 Å². The van der Waals surface area contributed by atoms with Crippen LogP contribution in [0.3, 0.4) is 0 Å². The fourth-order valence-corrected chi connectivity index (χ4v) is 2.15. The Bertz CT molecular complexity index is 763. The molecule has 2 N–H and O–H groups in total. The van der Waals surface area contributed by atoms with Crippen LogP contribution in [0, 0.1) is 0 Å². The van der Waals surface area contributed by atoms with Crippen molar-refractivity contribution in [2.24, 2.45) is 5.73 Å². The van der Waals surface area contributed by atoms with Gasteiger partial charge in [-0.15, -0.1) is 0 Å². The molecular formula is C15H11N3O. The van der Waals surface area contributed by atoms with Crippen molar-refractivity contribution in [1.82, 2.24) is 9.97 Å². The number of rotatable bonds is 2. The molecule has 3 rings (SSSR count). The van der Waals surface area contributed by atoms with Gasteiger partial charge in [0.15, 0.2) is 0 Å². The number of benzene rings is 1. The monoisotopic (exact) mass is 249 g/mol. The summed E-state index contributed by atoms with van der Waals surface area (Å²) < 4.78 is 0. The number of fused-ring (bicyclic) bond motifs is 1. The average Bonchev–Trinajstić information content (AvgIpc) is 2.46. The molecule has 0 fully saturated rings. The van der Waals surface area contributed by atoms with E-state index in [1.54, 1.807) is 30.7 Å². The lowest BCUT2D eigenvalue weighted by Crippen LogP contribution is -2.13. The van der Waals surface area contributed by atoms with Gasteiger partial charge in [-0.05, 0) is 23.6 Å². The van der Waals surface area contributed by atoms with Gasteiger partial charge in [-0.3, -0.25) is 14.8 Å². The third-order valence-electron chi connectivity index (χ3n) is 3.01. The molecule has 0 aliphatic carbocycles. The van der Waals surface area contributed by atoms with Gasteiger partial charge in [-0.2, -0.15) is 0 Å². The van der Waals surface area contributed by atoms with E-state index >= 15 is 0 Å². The van der Waals surface area contributed by atoms with E-state index in [0.717, 1.165) is 16.3 Å². The predicted octanol–water partition coefficient (Wildman–Crippen LogP) is 2.40. The summed E-state index contributed by atoms with van der Waals surface area (Å²) in [7, 11) is 0. The molecule has 1 aromatic carbocycles. The molecule has 0 saturated heterocycles. The summed E-state index contributed by atoms with van der Waals surface area (Å²) in [4.78, 5) is 19.9. The maximum Gasteiger partial charge on any atom is 0.250 e. The normalized spacial score (nSPS) is 10.5. The smallest absolute Gasteiger partial charge is 0.250 e. The van der Waals surface area contributed by atoms with Crippen molar-refractivity contribution in [3.8, 4) is 11.3 Å². The van der Waals surface area contributed by atoms with Gasteiger partial charge >= 0.3 is 0 Å². The van der Waals surface area contributed by atoms with Crippen LogP contribution in [0.25, 0.3) is 22.0 Å². The van der Waals surface area contributed by atoms with E-state index < -0.39 is 5.91 Å². The molecule has 4 nitrogen and oxygen atoms in total. The van der Waals surface area contributed by atoms with E-state index in [0.29, 0.717) is 11.3 Å². The van der Waals surface area contributed by atoms with Crippen molar-refractivity contribution in [3.63, 3.8) is 0 Å². The third-order valence-corrected chi connectivity index (χ3v) is 3.01. The number of carbonyl (C=O) groups excluding carboxylic acids is 1. The first-order valence-corrected chi connectivity index (χ1v) is 5.85. The van der Waals surface area contributed by atoms with Gasteiger partial charge in [0.25, 0.3) is 5.91 Å². The van der Waals surface area contributed by atoms with Crippen molar-refractivity contribution < 1.29 is 4.79 Å². The lowest BCUT2D eigenvalue weighted by atomic mass is 10.00. The Morgan fingerprint density at radius 1 is 1.05 bits per heavy atom. The second-order valence-corrected chi connectivity index (χ2v) is 4.17. The molecule has 92 valence electrons. The lowest BCUT2D eigenvalue weighted by Gasteiger charge is -2.08. The maximum atomic E-state index is 11.5. The number of nitrogens with two attached hydrogens (primary N) is 1. The number of hydrogen-bond acceptors (Lipinski definition) is 3. The van der Waals surface area contributed by atoms with Crippen molar-refractivity contribution in [2.75, 3.05) is 0 Å². The van der Waals surface area contributed by atoms with Crippen LogP contribution in [0.2, 0.25) is 0 Å². The van der Waals surface area contributed by atoms with Crippen LogP contribution in [0.1, 0.15) is 10.4 Å². The molecule has 0 aliphatic heterocycles. The Hall–Kier alpha value is -2.75. The average molecular weight is 249 g/mol. The Balaban J connectivity index is 2.34. The molecule has 0 saturated carbocycles. The molecule has 2 aromatic heterocycles. The second kappa shape index (κ2) is 4.49. The molecular weight excluding hydrogens is 238 g/mol. The summed E-state index contributed by atoms with van der Waals surface area (Å²) in [5.74, 6) is -0.478. The minimum absolute atomic E-state index is 0.423. The number of pyridine rings is 2. The standard InChI is InChI=1S/C15H11N3O/c16-15(19)13-5-2-7-18-14(13)12-4-1-3-10-9-17-8-6-11(10)12/h1-9H,(H2,16,19). The quantitative estimate of drug-likeness (QED) is 0.758. The Kier molecular flexibility index (Phi) is 2.68. The number of hydrogen-bond donors (Lipinski definition) is 1. The first kappa shape index (κ1) is 11.3. The zero-order chi connectivity index (χ0) is 13.2. The lowest BCUT2D eigenvalue weighted by molar-refractivity contribution is 0.100. The summed E-state index contributed by atoms with van der Waals surface area (Å²) in [5.41, 5.74) is 7.31. The number of primary amides is 1. The summed E-state index contributed by atoms with van der Waals surface area (Å²) in [6.45, 7) is 0. The van der Waals surface area contributed by atoms with E-state index in [4.69, 9.17) is 5.73 Å². The molecule has 0 atom stereocenters. The minimum Gasteiger partial charge on any atom is -0.366 e. The van der Waals surface area contributed by atoms with Crippen LogP contribution >= 0.6 is 0 Å². The van der Waals surface area contributed by atoms with E-state index in [1.165, 1.54) is 0 Å². The summed E-state index contributed by atoms with van der Waals surface area (Å²) >= 11 is 0. The van der Waals surface area contributed by atoms with Crippen LogP contribution in [-0.4, -0.2) is 15.9 Å². The van der Waals surface area contributed by atoms with Crippen molar-refractivity contribution in [2.45, 2.75) is 0 Å². The first-order valence-electron chi connectivity index (χ1n) is 5.85. The van der Waals surface area contributed by atoms with Crippen molar-refractivity contribution >= 4 is 16.7 Å². The van der Waals surface area contributed by atoms with E-state index in [2.05, 4.69) is 9.97 Å². The summed E-state index contributed by atoms with van der Waals surface area (Å²) in [6.07, 6.45) is 5.16. The molecule has 0 aliphatic rings. The second-order valence-electron chi connectivity index (χ2n) is 4.17. The van der Waals surface area contributed by atoms with Crippen LogP contribution in [-0.2, 0) is 0 Å². The molecule has 0 radical (unpaired) electrons. The summed E-state index contributed by atoms with van der Waals surface area (Å²) in [6, 6.07) is 11.1. The zero-order valence-corrected chi connectivity index (χ0v) is 10.1. The van der Waals surface area contributed by atoms with Crippen LogP contribution in [0.4, 0.5) is 0 Å². The molecule has 4 heteroatoms. The van der Waals surface area contributed by atoms with Gasteiger partial charge in [0.2, 0.25) is 0 Å². The zero-order valence-electron chi connectivity index (χ0n) is 10.1. The molecule has 3 aromatic rings. The predicted molar refractivity (Wildman–Crippen MR) is 73.5 cm³/mol. The number of carbonyl (C=O) groups is 1. The Morgan fingerprint density at radius 2 is 1.95 bits per heavy atom. The van der Waals surface area contributed by atoms with Gasteiger partial charge in [-0.25, -0.2) is 0 Å². The highest BCUT2D eigenvalue weighted by Crippen LogP contribution is 2.28. The number of amides is 1. The van der Waals surface area contributed by atoms with Gasteiger partial charge < -0.3 is 5.73 Å². The van der Waals surface area contributed by atoms with Crippen LogP contribution in [0.15, 0.2) is 55.0 Å². The van der Waals surface area contributed by atoms with Gasteiger partial charge in [0.05, 0.1) is 11.3 Å². The Morgan fingerprint density at radius 3 is 2.79 bits per heavy atom. The topological polar surface area (TPSA) is 68.9 Å². The molecule has 0 unspecified atom stereocenters. The highest BCUT2D eigenvalue weighted by molar-refractivity contribution is 6.04. The molecule has 1 amide bonds. The maximum absolute atomic E-state index is 11.5. The van der Waals surface area contributed by atoms with Crippen LogP contribution < -0.4 is 5.73 Å². The molecule has 0 spiro atoms. The van der Waals surface area contributed by atoms with Crippen molar-refractivity contribution in [1.29, 1.82) is 0 Å². The Labute approximate surface area is 109 Å². The summed E-state index contributed by atoms with van der Waals surface area (Å²) in [5, 5.41) is 2.00. The highest BCUT2D eigenvalue weighted by atomic mass is 16.1. The number of aromatic nitrogens is 2. The first-order chi connectivity index (χ1) is 9.27. The molecule has 2 heterocycles. The van der Waals surface area contributed by atoms with E-state index in [1.807, 2.05) is 24.3 Å². The molecule has 19 heavy (non-hydrogen) atoms. The van der Waals surface area contributed by atoms with Crippen LogP contribution in [0.5, 0.6) is 0 Å². The van der Waals surface area contributed by atoms with Gasteiger partial charge in [0, 0.05) is 29.5 Å². The fourth-order valence-electron chi connectivity index (χ4n) is 2.15. The highest BCUT2D eigenvalue weighted by Gasteiger charge is 2.12.